The maximum atomic E-state index is 14.6. The molecule has 5 aliphatic rings. The molecule has 19 heteroatoms. The van der Waals surface area contributed by atoms with Crippen molar-refractivity contribution in [2.45, 2.75) is 87.6 Å². The minimum atomic E-state index is -3.96. The van der Waals surface area contributed by atoms with Crippen LogP contribution < -0.4 is 20.7 Å². The zero-order valence-electron chi connectivity index (χ0n) is 32.1. The van der Waals surface area contributed by atoms with Gasteiger partial charge in [-0.25, -0.2) is 18.2 Å². The van der Waals surface area contributed by atoms with E-state index in [1.807, 2.05) is 24.3 Å². The maximum absolute atomic E-state index is 14.6. The highest BCUT2D eigenvalue weighted by Crippen LogP contribution is 2.45. The topological polar surface area (TPSA) is 235 Å². The summed E-state index contributed by atoms with van der Waals surface area (Å²) in [6, 6.07) is 1.82. The zero-order valence-corrected chi connectivity index (χ0v) is 32.9. The summed E-state index contributed by atoms with van der Waals surface area (Å²) in [7, 11) is -3.96. The molecule has 4 bridgehead atoms. The van der Waals surface area contributed by atoms with Crippen LogP contribution in [0.1, 0.15) is 66.7 Å². The summed E-state index contributed by atoms with van der Waals surface area (Å²) < 4.78 is 39.3. The third-order valence-corrected chi connectivity index (χ3v) is 12.9. The molecule has 1 aromatic heterocycles. The molecule has 4 heterocycles. The smallest absolute Gasteiger partial charge is 0.410 e. The third kappa shape index (κ3) is 8.45. The van der Waals surface area contributed by atoms with Crippen molar-refractivity contribution in [1.82, 2.24) is 40.4 Å². The molecule has 1 saturated heterocycles. The van der Waals surface area contributed by atoms with E-state index in [1.165, 1.54) is 34.5 Å². The Morgan fingerprint density at radius 3 is 2.60 bits per heavy atom. The first kappa shape index (κ1) is 40.5. The fourth-order valence-electron chi connectivity index (χ4n) is 7.55. The Labute approximate surface area is 335 Å². The van der Waals surface area contributed by atoms with Crippen molar-refractivity contribution in [3.05, 3.63) is 77.9 Å². The molecule has 2 saturated carbocycles. The summed E-state index contributed by atoms with van der Waals surface area (Å²) in [6.45, 7) is 7.17. The highest BCUT2D eigenvalue weighted by atomic mass is 32.2. The molecule has 308 valence electrons. The van der Waals surface area contributed by atoms with Gasteiger partial charge in [-0.15, -0.1) is 6.58 Å². The van der Waals surface area contributed by atoms with Gasteiger partial charge in [0.2, 0.25) is 27.7 Å². The average Bonchev–Trinajstić information content (AvgIpc) is 4.09. The molecular weight excluding hydrogens is 773 g/mol. The number of benzene rings is 1. The van der Waals surface area contributed by atoms with Gasteiger partial charge in [0.1, 0.15) is 35.5 Å². The van der Waals surface area contributed by atoms with Crippen molar-refractivity contribution in [2.24, 2.45) is 11.8 Å². The number of hydrogen-bond donors (Lipinski definition) is 4. The van der Waals surface area contributed by atoms with Crippen LogP contribution >= 0.6 is 0 Å². The molecule has 7 rings (SSSR count). The van der Waals surface area contributed by atoms with E-state index in [-0.39, 0.29) is 51.4 Å². The van der Waals surface area contributed by atoms with Crippen LogP contribution in [0.2, 0.25) is 0 Å². The monoisotopic (exact) mass is 818 g/mol. The zero-order chi connectivity index (χ0) is 41.4. The molecule has 3 fully saturated rings. The standard InChI is InChI=1S/C39H46N8O10S/c1-4-25-16-39(25,37(52)45-58(54,55)27-10-11-27)44-35(50)31-15-26-19-47(31)36(51)32(22(2)3)43-34(49)30(42-33(48)29-17-40-12-13-41-29)21-56-14-6-9-23-7-5-8-24-18-46(20-28(23)24)38(53)57-26/h4-9,12-13,17,22,25-27,30-32H,1,10-11,14-16,18-21H2,2-3H3,(H,42,48)(H,43,49)(H,44,50)(H,45,52). The van der Waals surface area contributed by atoms with Crippen LogP contribution in [0.5, 0.6) is 0 Å². The van der Waals surface area contributed by atoms with Crippen molar-refractivity contribution in [3.8, 4) is 0 Å². The van der Waals surface area contributed by atoms with Crippen molar-refractivity contribution >= 4 is 51.7 Å². The number of carbonyl (C=O) groups excluding carboxylic acids is 6. The van der Waals surface area contributed by atoms with Gasteiger partial charge >= 0.3 is 6.09 Å². The number of aromatic nitrogens is 2. The average molecular weight is 819 g/mol. The summed E-state index contributed by atoms with van der Waals surface area (Å²) in [5.74, 6) is -4.97. The number of sulfonamides is 1. The molecule has 0 spiro atoms. The molecule has 1 aromatic carbocycles. The number of ether oxygens (including phenoxy) is 2. The summed E-state index contributed by atoms with van der Waals surface area (Å²) in [5.41, 5.74) is 0.965. The SMILES string of the molecule is C=CC1CC1(NC(=O)C1CC2CN1C(=O)C(C(C)C)NC(=O)C(NC(=O)c1cnccn1)COCC=Cc1cccc3c1CN(C3)C(=O)O2)C(=O)NS(=O)(=O)C1CC1. The number of hydrogen-bond acceptors (Lipinski definition) is 12. The van der Waals surface area contributed by atoms with Gasteiger partial charge in [-0.1, -0.05) is 50.3 Å². The van der Waals surface area contributed by atoms with Crippen molar-refractivity contribution in [2.75, 3.05) is 19.8 Å². The molecule has 6 unspecified atom stereocenters. The van der Waals surface area contributed by atoms with E-state index in [2.05, 4.69) is 37.2 Å². The second-order valence-electron chi connectivity index (χ2n) is 15.6. The number of amides is 6. The highest BCUT2D eigenvalue weighted by Gasteiger charge is 2.62. The van der Waals surface area contributed by atoms with Crippen molar-refractivity contribution in [3.63, 3.8) is 0 Å². The predicted molar refractivity (Wildman–Crippen MR) is 205 cm³/mol. The van der Waals surface area contributed by atoms with Crippen molar-refractivity contribution < 1.29 is 46.7 Å². The highest BCUT2D eigenvalue weighted by molar-refractivity contribution is 7.91. The Bertz CT molecular complexity index is 2150. The molecule has 18 nitrogen and oxygen atoms in total. The van der Waals surface area contributed by atoms with Gasteiger partial charge in [-0.3, -0.25) is 38.6 Å². The maximum Gasteiger partial charge on any atom is 0.410 e. The third-order valence-electron chi connectivity index (χ3n) is 11.1. The van der Waals surface area contributed by atoms with E-state index >= 15 is 0 Å². The first-order valence-electron chi connectivity index (χ1n) is 19.2. The van der Waals surface area contributed by atoms with Gasteiger partial charge < -0.3 is 30.3 Å². The van der Waals surface area contributed by atoms with Gasteiger partial charge in [0.05, 0.1) is 37.8 Å². The second-order valence-corrected chi connectivity index (χ2v) is 17.5. The summed E-state index contributed by atoms with van der Waals surface area (Å²) in [5, 5.41) is 7.38. The number of rotatable bonds is 9. The first-order valence-corrected chi connectivity index (χ1v) is 20.7. The predicted octanol–water partition coefficient (Wildman–Crippen LogP) is 0.550. The molecule has 58 heavy (non-hydrogen) atoms. The normalized spacial score (nSPS) is 27.4. The Balaban J connectivity index is 1.18. The minimum Gasteiger partial charge on any atom is -0.444 e. The van der Waals surface area contributed by atoms with Crippen LogP contribution in [-0.4, -0.2) is 119 Å². The summed E-state index contributed by atoms with van der Waals surface area (Å²) >= 11 is 0. The number of nitrogens with one attached hydrogen (secondary N) is 4. The van der Waals surface area contributed by atoms with E-state index < -0.39 is 92.5 Å². The minimum absolute atomic E-state index is 0.0494. The van der Waals surface area contributed by atoms with Crippen LogP contribution in [0.15, 0.2) is 55.5 Å². The lowest BCUT2D eigenvalue weighted by molar-refractivity contribution is -0.143. The van der Waals surface area contributed by atoms with E-state index in [9.17, 15) is 37.2 Å². The second kappa shape index (κ2) is 16.3. The molecule has 6 amide bonds. The Morgan fingerprint density at radius 2 is 1.91 bits per heavy atom. The summed E-state index contributed by atoms with van der Waals surface area (Å²) in [6.07, 6.45) is 8.14. The molecule has 0 radical (unpaired) electrons. The molecule has 2 aliphatic carbocycles. The lowest BCUT2D eigenvalue weighted by atomic mass is 10.0. The molecular formula is C39H46N8O10S. The van der Waals surface area contributed by atoms with Crippen molar-refractivity contribution in [1.29, 1.82) is 0 Å². The number of nitrogens with zero attached hydrogens (tertiary/aromatic N) is 4. The lowest BCUT2D eigenvalue weighted by Crippen LogP contribution is -2.60. The van der Waals surface area contributed by atoms with E-state index in [4.69, 9.17) is 9.47 Å². The number of carbonyl (C=O) groups is 6. The lowest BCUT2D eigenvalue weighted by Gasteiger charge is -2.32. The number of fused-ring (bicyclic) bond motifs is 3. The molecule has 3 aliphatic heterocycles. The van der Waals surface area contributed by atoms with Gasteiger partial charge in [0, 0.05) is 31.3 Å². The van der Waals surface area contributed by atoms with E-state index in [0.717, 1.165) is 16.7 Å². The van der Waals surface area contributed by atoms with E-state index in [0.29, 0.717) is 12.8 Å². The van der Waals surface area contributed by atoms with E-state index in [1.54, 1.807) is 19.9 Å². The molecule has 6 atom stereocenters. The largest absolute Gasteiger partial charge is 0.444 e. The van der Waals surface area contributed by atoms with Crippen LogP contribution in [0.3, 0.4) is 0 Å². The quantitative estimate of drug-likeness (QED) is 0.254. The van der Waals surface area contributed by atoms with Crippen LogP contribution in [-0.2, 0) is 51.8 Å². The molecule has 2 aromatic rings. The van der Waals surface area contributed by atoms with Gasteiger partial charge in [-0.05, 0) is 41.9 Å². The fraction of sp³-hybridized carbons (Fsp3) is 0.487. The van der Waals surface area contributed by atoms with Crippen LogP contribution in [0.25, 0.3) is 6.08 Å². The molecule has 4 N–H and O–H groups in total. The fourth-order valence-corrected chi connectivity index (χ4v) is 8.91. The van der Waals surface area contributed by atoms with Gasteiger partial charge in [-0.2, -0.15) is 0 Å². The Kier molecular flexibility index (Phi) is 11.4. The Hall–Kier alpha value is -5.69. The summed E-state index contributed by atoms with van der Waals surface area (Å²) in [4.78, 5) is 93.8. The Morgan fingerprint density at radius 1 is 1.12 bits per heavy atom. The van der Waals surface area contributed by atoms with Crippen LogP contribution in [0.4, 0.5) is 4.79 Å². The first-order chi connectivity index (χ1) is 27.7. The van der Waals surface area contributed by atoms with Gasteiger partial charge in [0.15, 0.2) is 0 Å². The van der Waals surface area contributed by atoms with Gasteiger partial charge in [0.25, 0.3) is 11.8 Å². The van der Waals surface area contributed by atoms with Crippen LogP contribution in [0, 0.1) is 11.8 Å².